The summed E-state index contributed by atoms with van der Waals surface area (Å²) in [5.41, 5.74) is 3.03. The third kappa shape index (κ3) is 3.58. The van der Waals surface area contributed by atoms with Crippen LogP contribution in [-0.2, 0) is 21.6 Å². The first kappa shape index (κ1) is 19.7. The van der Waals surface area contributed by atoms with Gasteiger partial charge in [-0.1, -0.05) is 48.7 Å². The standard InChI is InChI=1S/C24H23ClO4/c1-15-5-10-20-17(13-21(26)29-22(20)16(15)2)14-28-23(27)24(11-3-4-12-24)18-6-8-19(25)9-7-18/h5-10,13H,3-4,11-12,14H2,1-2H3. The zero-order chi connectivity index (χ0) is 20.6. The van der Waals surface area contributed by atoms with Gasteiger partial charge < -0.3 is 9.15 Å². The minimum atomic E-state index is -0.646. The quantitative estimate of drug-likeness (QED) is 0.414. The normalized spacial score (nSPS) is 15.6. The highest BCUT2D eigenvalue weighted by Crippen LogP contribution is 2.42. The maximum absolute atomic E-state index is 13.2. The highest BCUT2D eigenvalue weighted by atomic mass is 35.5. The summed E-state index contributed by atoms with van der Waals surface area (Å²) in [7, 11) is 0. The fourth-order valence-corrected chi connectivity index (χ4v) is 4.41. The van der Waals surface area contributed by atoms with Crippen molar-refractivity contribution >= 4 is 28.5 Å². The predicted molar refractivity (Wildman–Crippen MR) is 113 cm³/mol. The van der Waals surface area contributed by atoms with Crippen LogP contribution in [0.3, 0.4) is 0 Å². The van der Waals surface area contributed by atoms with Gasteiger partial charge in [-0.05, 0) is 55.5 Å². The van der Waals surface area contributed by atoms with Gasteiger partial charge in [0.25, 0.3) is 0 Å². The van der Waals surface area contributed by atoms with Crippen LogP contribution in [0.5, 0.6) is 0 Å². The molecule has 0 spiro atoms. The van der Waals surface area contributed by atoms with Crippen molar-refractivity contribution in [1.29, 1.82) is 0 Å². The van der Waals surface area contributed by atoms with E-state index in [0.717, 1.165) is 47.8 Å². The van der Waals surface area contributed by atoms with Crippen LogP contribution in [0.25, 0.3) is 11.0 Å². The van der Waals surface area contributed by atoms with E-state index < -0.39 is 11.0 Å². The minimum Gasteiger partial charge on any atom is -0.460 e. The highest BCUT2D eigenvalue weighted by Gasteiger charge is 2.44. The summed E-state index contributed by atoms with van der Waals surface area (Å²) in [4.78, 5) is 25.3. The molecule has 4 nitrogen and oxygen atoms in total. The third-order valence-corrected chi connectivity index (χ3v) is 6.37. The largest absolute Gasteiger partial charge is 0.460 e. The molecular weight excluding hydrogens is 388 g/mol. The van der Waals surface area contributed by atoms with Crippen molar-refractivity contribution in [3.8, 4) is 0 Å². The molecule has 1 saturated carbocycles. The van der Waals surface area contributed by atoms with Gasteiger partial charge >= 0.3 is 11.6 Å². The Hall–Kier alpha value is -2.59. The zero-order valence-corrected chi connectivity index (χ0v) is 17.3. The molecule has 0 saturated heterocycles. The summed E-state index contributed by atoms with van der Waals surface area (Å²) in [5.74, 6) is -0.248. The number of esters is 1. The molecule has 1 aliphatic carbocycles. The van der Waals surface area contributed by atoms with Crippen LogP contribution in [0, 0.1) is 13.8 Å². The first-order valence-electron chi connectivity index (χ1n) is 9.87. The van der Waals surface area contributed by atoms with Gasteiger partial charge in [-0.25, -0.2) is 4.79 Å². The van der Waals surface area contributed by atoms with E-state index in [4.69, 9.17) is 20.8 Å². The summed E-state index contributed by atoms with van der Waals surface area (Å²) < 4.78 is 11.2. The van der Waals surface area contributed by atoms with Crippen molar-refractivity contribution in [3.05, 3.63) is 80.2 Å². The Balaban J connectivity index is 1.65. The first-order valence-corrected chi connectivity index (χ1v) is 10.2. The molecule has 4 rings (SSSR count). The van der Waals surface area contributed by atoms with Gasteiger partial charge in [0.1, 0.15) is 12.2 Å². The number of fused-ring (bicyclic) bond motifs is 1. The van der Waals surface area contributed by atoms with Crippen LogP contribution in [0.2, 0.25) is 5.02 Å². The van der Waals surface area contributed by atoms with Crippen molar-refractivity contribution in [1.82, 2.24) is 0 Å². The molecule has 1 fully saturated rings. The number of carbonyl (C=O) groups is 1. The zero-order valence-electron chi connectivity index (χ0n) is 16.6. The molecule has 0 amide bonds. The minimum absolute atomic E-state index is 0.0405. The van der Waals surface area contributed by atoms with Crippen molar-refractivity contribution in [2.75, 3.05) is 0 Å². The highest BCUT2D eigenvalue weighted by molar-refractivity contribution is 6.30. The van der Waals surface area contributed by atoms with E-state index in [1.165, 1.54) is 6.07 Å². The van der Waals surface area contributed by atoms with E-state index in [0.29, 0.717) is 16.2 Å². The second-order valence-electron chi connectivity index (χ2n) is 7.85. The number of hydrogen-bond donors (Lipinski definition) is 0. The number of halogens is 1. The molecular formula is C24H23ClO4. The Kier molecular flexibility index (Phi) is 5.22. The van der Waals surface area contributed by atoms with E-state index >= 15 is 0 Å². The molecule has 0 bridgehead atoms. The van der Waals surface area contributed by atoms with Gasteiger partial charge in [-0.3, -0.25) is 4.79 Å². The molecule has 0 unspecified atom stereocenters. The van der Waals surface area contributed by atoms with Gasteiger partial charge in [0, 0.05) is 22.0 Å². The molecule has 1 aliphatic rings. The Morgan fingerprint density at radius 3 is 2.48 bits per heavy atom. The van der Waals surface area contributed by atoms with Gasteiger partial charge in [0.05, 0.1) is 5.41 Å². The van der Waals surface area contributed by atoms with Gasteiger partial charge in [0.2, 0.25) is 0 Å². The van der Waals surface area contributed by atoms with Crippen molar-refractivity contribution in [2.45, 2.75) is 51.6 Å². The number of ether oxygens (including phenoxy) is 1. The summed E-state index contributed by atoms with van der Waals surface area (Å²) in [6.45, 7) is 3.93. The number of benzene rings is 2. The molecule has 1 aromatic heterocycles. The smallest absolute Gasteiger partial charge is 0.336 e. The van der Waals surface area contributed by atoms with Gasteiger partial charge in [-0.2, -0.15) is 0 Å². The van der Waals surface area contributed by atoms with Crippen LogP contribution in [0.1, 0.15) is 47.9 Å². The molecule has 0 aliphatic heterocycles. The summed E-state index contributed by atoms with van der Waals surface area (Å²) in [6.07, 6.45) is 3.47. The lowest BCUT2D eigenvalue weighted by molar-refractivity contribution is -0.152. The molecule has 1 heterocycles. The fourth-order valence-electron chi connectivity index (χ4n) is 4.28. The Labute approximate surface area is 174 Å². The van der Waals surface area contributed by atoms with E-state index in [1.54, 1.807) is 0 Å². The summed E-state index contributed by atoms with van der Waals surface area (Å²) >= 11 is 6.02. The number of carbonyl (C=O) groups excluding carboxylic acids is 1. The predicted octanol–water partition coefficient (Wildman–Crippen LogP) is 5.62. The summed E-state index contributed by atoms with van der Waals surface area (Å²) in [5, 5.41) is 1.44. The van der Waals surface area contributed by atoms with Crippen molar-refractivity contribution in [3.63, 3.8) is 0 Å². The second-order valence-corrected chi connectivity index (χ2v) is 8.28. The first-order chi connectivity index (χ1) is 13.9. The molecule has 0 radical (unpaired) electrons. The van der Waals surface area contributed by atoms with Gasteiger partial charge in [-0.15, -0.1) is 0 Å². The molecule has 5 heteroatoms. The Morgan fingerprint density at radius 1 is 1.10 bits per heavy atom. The number of aryl methyl sites for hydroxylation is 2. The van der Waals surface area contributed by atoms with Gasteiger partial charge in [0.15, 0.2) is 0 Å². The Morgan fingerprint density at radius 2 is 1.79 bits per heavy atom. The van der Waals surface area contributed by atoms with E-state index in [-0.39, 0.29) is 12.6 Å². The van der Waals surface area contributed by atoms with Crippen LogP contribution in [0.15, 0.2) is 51.7 Å². The van der Waals surface area contributed by atoms with Crippen molar-refractivity contribution in [2.24, 2.45) is 0 Å². The van der Waals surface area contributed by atoms with E-state index in [1.807, 2.05) is 50.2 Å². The number of hydrogen-bond acceptors (Lipinski definition) is 4. The lowest BCUT2D eigenvalue weighted by atomic mass is 9.79. The lowest BCUT2D eigenvalue weighted by Crippen LogP contribution is -2.34. The topological polar surface area (TPSA) is 56.5 Å². The monoisotopic (exact) mass is 410 g/mol. The van der Waals surface area contributed by atoms with Crippen LogP contribution < -0.4 is 5.63 Å². The maximum Gasteiger partial charge on any atom is 0.336 e. The Bertz CT molecular complexity index is 1120. The average Bonchev–Trinajstić information content (AvgIpc) is 3.20. The van der Waals surface area contributed by atoms with Crippen LogP contribution in [0.4, 0.5) is 0 Å². The summed E-state index contributed by atoms with van der Waals surface area (Å²) in [6, 6.07) is 12.7. The lowest BCUT2D eigenvalue weighted by Gasteiger charge is -2.27. The molecule has 29 heavy (non-hydrogen) atoms. The fraction of sp³-hybridized carbons (Fsp3) is 0.333. The third-order valence-electron chi connectivity index (χ3n) is 6.12. The molecule has 3 aromatic rings. The number of rotatable bonds is 4. The van der Waals surface area contributed by atoms with Crippen LogP contribution in [-0.4, -0.2) is 5.97 Å². The molecule has 2 aromatic carbocycles. The SMILES string of the molecule is Cc1ccc2c(COC(=O)C3(c4ccc(Cl)cc4)CCCC3)cc(=O)oc2c1C. The molecule has 150 valence electrons. The molecule has 0 N–H and O–H groups in total. The van der Waals surface area contributed by atoms with Crippen molar-refractivity contribution < 1.29 is 13.9 Å². The molecule has 0 atom stereocenters. The van der Waals surface area contributed by atoms with E-state index in [2.05, 4.69) is 0 Å². The maximum atomic E-state index is 13.2. The average molecular weight is 411 g/mol. The van der Waals surface area contributed by atoms with Crippen LogP contribution >= 0.6 is 11.6 Å². The van der Waals surface area contributed by atoms with E-state index in [9.17, 15) is 9.59 Å². The second kappa shape index (κ2) is 7.68.